The van der Waals surface area contributed by atoms with E-state index in [1.807, 2.05) is 24.3 Å². The number of nitrogens with zero attached hydrogens (tertiary/aromatic N) is 3. The van der Waals surface area contributed by atoms with Crippen molar-refractivity contribution in [3.63, 3.8) is 0 Å². The fraction of sp³-hybridized carbons (Fsp3) is 0.348. The monoisotopic (exact) mass is 390 g/mol. The fourth-order valence-electron chi connectivity index (χ4n) is 3.80. The van der Waals surface area contributed by atoms with Crippen LogP contribution in [0.3, 0.4) is 0 Å². The molecule has 1 fully saturated rings. The Labute approximate surface area is 170 Å². The Hall–Kier alpha value is -2.99. The van der Waals surface area contributed by atoms with Gasteiger partial charge in [-0.25, -0.2) is 9.97 Å². The van der Waals surface area contributed by atoms with Crippen LogP contribution in [-0.2, 0) is 6.54 Å². The highest BCUT2D eigenvalue weighted by Gasteiger charge is 2.14. The Morgan fingerprint density at radius 1 is 1.28 bits per heavy atom. The third-order valence-electron chi connectivity index (χ3n) is 5.34. The van der Waals surface area contributed by atoms with Crippen LogP contribution in [-0.4, -0.2) is 34.2 Å². The van der Waals surface area contributed by atoms with E-state index in [0.717, 1.165) is 43.3 Å². The van der Waals surface area contributed by atoms with Crippen LogP contribution in [0.4, 0.5) is 0 Å². The first kappa shape index (κ1) is 19.3. The van der Waals surface area contributed by atoms with E-state index in [2.05, 4.69) is 21.9 Å². The van der Waals surface area contributed by atoms with Crippen molar-refractivity contribution in [2.75, 3.05) is 19.7 Å². The molecule has 1 aromatic carbocycles. The number of fused-ring (bicyclic) bond motifs is 1. The highest BCUT2D eigenvalue weighted by molar-refractivity contribution is 5.76. The van der Waals surface area contributed by atoms with E-state index in [4.69, 9.17) is 4.74 Å². The lowest BCUT2D eigenvalue weighted by Crippen LogP contribution is -2.23. The second-order valence-electron chi connectivity index (χ2n) is 7.39. The van der Waals surface area contributed by atoms with Crippen LogP contribution >= 0.6 is 0 Å². The molecule has 0 saturated carbocycles. The molecule has 2 aromatic heterocycles. The van der Waals surface area contributed by atoms with Gasteiger partial charge in [-0.2, -0.15) is 0 Å². The molecule has 1 aliphatic rings. The maximum absolute atomic E-state index is 12.9. The molecule has 1 N–H and O–H groups in total. The third kappa shape index (κ3) is 4.38. The molecule has 150 valence electrons. The minimum absolute atomic E-state index is 0.111. The molecule has 0 radical (unpaired) electrons. The lowest BCUT2D eigenvalue weighted by atomic mass is 10.0. The van der Waals surface area contributed by atoms with Gasteiger partial charge in [0.05, 0.1) is 12.0 Å². The zero-order chi connectivity index (χ0) is 20.1. The van der Waals surface area contributed by atoms with Gasteiger partial charge in [-0.05, 0) is 74.7 Å². The molecule has 6 heteroatoms. The van der Waals surface area contributed by atoms with Crippen LogP contribution in [0.25, 0.3) is 22.4 Å². The minimum Gasteiger partial charge on any atom is -0.494 e. The van der Waals surface area contributed by atoms with Gasteiger partial charge in [0, 0.05) is 18.3 Å². The Morgan fingerprint density at radius 3 is 2.90 bits per heavy atom. The van der Waals surface area contributed by atoms with Crippen molar-refractivity contribution in [3.05, 3.63) is 65.6 Å². The predicted molar refractivity (Wildman–Crippen MR) is 115 cm³/mol. The zero-order valence-electron chi connectivity index (χ0n) is 16.5. The summed E-state index contributed by atoms with van der Waals surface area (Å²) in [6.45, 7) is 7.15. The van der Waals surface area contributed by atoms with Crippen LogP contribution in [0.2, 0.25) is 0 Å². The Kier molecular flexibility index (Phi) is 6.00. The summed E-state index contributed by atoms with van der Waals surface area (Å²) in [6, 6.07) is 11.2. The highest BCUT2D eigenvalue weighted by atomic mass is 16.5. The minimum atomic E-state index is -0.111. The normalized spacial score (nSPS) is 16.2. The third-order valence-corrected chi connectivity index (χ3v) is 5.34. The first-order chi connectivity index (χ1) is 14.3. The van der Waals surface area contributed by atoms with Crippen LogP contribution in [0, 0.1) is 5.92 Å². The Balaban J connectivity index is 1.50. The lowest BCUT2D eigenvalue weighted by Gasteiger charge is -2.13. The van der Waals surface area contributed by atoms with Crippen molar-refractivity contribution in [3.8, 4) is 17.1 Å². The van der Waals surface area contributed by atoms with Gasteiger partial charge in [0.1, 0.15) is 11.6 Å². The summed E-state index contributed by atoms with van der Waals surface area (Å²) in [5.74, 6) is 2.20. The number of hydrogen-bond acceptors (Lipinski definition) is 5. The molecule has 29 heavy (non-hydrogen) atoms. The number of ether oxygens (including phenoxy) is 1. The number of hydrogen-bond donors (Lipinski definition) is 1. The molecule has 4 rings (SSSR count). The van der Waals surface area contributed by atoms with Crippen LogP contribution < -0.4 is 15.6 Å². The molecule has 6 nitrogen and oxygen atoms in total. The van der Waals surface area contributed by atoms with Crippen molar-refractivity contribution in [2.24, 2.45) is 5.92 Å². The molecule has 0 bridgehead atoms. The van der Waals surface area contributed by atoms with Gasteiger partial charge in [0.15, 0.2) is 5.65 Å². The van der Waals surface area contributed by atoms with E-state index in [1.54, 1.807) is 29.0 Å². The molecule has 1 aliphatic heterocycles. The average Bonchev–Trinajstić information content (AvgIpc) is 3.27. The van der Waals surface area contributed by atoms with E-state index in [-0.39, 0.29) is 5.56 Å². The largest absolute Gasteiger partial charge is 0.494 e. The first-order valence-electron chi connectivity index (χ1n) is 10.2. The topological polar surface area (TPSA) is 69.0 Å². The van der Waals surface area contributed by atoms with Crippen LogP contribution in [0.5, 0.6) is 5.75 Å². The van der Waals surface area contributed by atoms with Gasteiger partial charge in [0.25, 0.3) is 5.56 Å². The molecule has 0 aliphatic carbocycles. The predicted octanol–water partition coefficient (Wildman–Crippen LogP) is 3.41. The lowest BCUT2D eigenvalue weighted by molar-refractivity contribution is 0.295. The molecule has 3 heterocycles. The second kappa shape index (κ2) is 9.01. The van der Waals surface area contributed by atoms with Crippen molar-refractivity contribution < 1.29 is 4.74 Å². The number of aromatic nitrogens is 3. The molecule has 0 amide bonds. The number of nitrogens with one attached hydrogen (secondary N) is 1. The summed E-state index contributed by atoms with van der Waals surface area (Å²) in [4.78, 5) is 21.8. The maximum atomic E-state index is 12.9. The van der Waals surface area contributed by atoms with Crippen molar-refractivity contribution in [1.29, 1.82) is 0 Å². The fourth-order valence-corrected chi connectivity index (χ4v) is 3.80. The number of rotatable bonds is 8. The standard InChI is InChI=1S/C23H26N4O2/c1-2-14-27-22(26-21-20(23(27)28)6-3-12-25-21)18-7-9-19(10-8-18)29-15-4-5-17-11-13-24-16-17/h2-3,6-10,12,17,24H,1,4-5,11,13-16H2. The van der Waals surface area contributed by atoms with Gasteiger partial charge in [0.2, 0.25) is 0 Å². The molecule has 1 saturated heterocycles. The van der Waals surface area contributed by atoms with Crippen molar-refractivity contribution in [2.45, 2.75) is 25.8 Å². The molecule has 0 spiro atoms. The van der Waals surface area contributed by atoms with Crippen LogP contribution in [0.15, 0.2) is 60.0 Å². The van der Waals surface area contributed by atoms with E-state index in [9.17, 15) is 4.79 Å². The quantitative estimate of drug-likeness (QED) is 0.471. The maximum Gasteiger partial charge on any atom is 0.263 e. The van der Waals surface area contributed by atoms with E-state index < -0.39 is 0 Å². The summed E-state index contributed by atoms with van der Waals surface area (Å²) in [7, 11) is 0. The first-order valence-corrected chi connectivity index (χ1v) is 10.2. The second-order valence-corrected chi connectivity index (χ2v) is 7.39. The van der Waals surface area contributed by atoms with Gasteiger partial charge in [-0.3, -0.25) is 9.36 Å². The summed E-state index contributed by atoms with van der Waals surface area (Å²) in [5, 5.41) is 3.91. The van der Waals surface area contributed by atoms with Gasteiger partial charge >= 0.3 is 0 Å². The molecule has 1 atom stereocenters. The molecule has 3 aromatic rings. The van der Waals surface area contributed by atoms with Crippen LogP contribution in [0.1, 0.15) is 19.3 Å². The number of benzene rings is 1. The molecular formula is C23H26N4O2. The van der Waals surface area contributed by atoms with E-state index >= 15 is 0 Å². The van der Waals surface area contributed by atoms with Crippen molar-refractivity contribution >= 4 is 11.0 Å². The summed E-state index contributed by atoms with van der Waals surface area (Å²) < 4.78 is 7.52. The molecular weight excluding hydrogens is 364 g/mol. The zero-order valence-corrected chi connectivity index (χ0v) is 16.5. The SMILES string of the molecule is C=CCn1c(-c2ccc(OCCCC3CCNC3)cc2)nc2ncccc2c1=O. The smallest absolute Gasteiger partial charge is 0.263 e. The van der Waals surface area contributed by atoms with Gasteiger partial charge in [-0.15, -0.1) is 6.58 Å². The summed E-state index contributed by atoms with van der Waals surface area (Å²) in [5.41, 5.74) is 1.19. The number of allylic oxidation sites excluding steroid dienone is 1. The van der Waals surface area contributed by atoms with E-state index in [1.165, 1.54) is 12.8 Å². The van der Waals surface area contributed by atoms with E-state index in [0.29, 0.717) is 23.4 Å². The van der Waals surface area contributed by atoms with Crippen molar-refractivity contribution in [1.82, 2.24) is 19.9 Å². The Bertz CT molecular complexity index is 1040. The average molecular weight is 390 g/mol. The van der Waals surface area contributed by atoms with Gasteiger partial charge in [-0.1, -0.05) is 6.08 Å². The summed E-state index contributed by atoms with van der Waals surface area (Å²) in [6.07, 6.45) is 6.88. The summed E-state index contributed by atoms with van der Waals surface area (Å²) >= 11 is 0. The highest BCUT2D eigenvalue weighted by Crippen LogP contribution is 2.22. The van der Waals surface area contributed by atoms with Gasteiger partial charge < -0.3 is 10.1 Å². The Morgan fingerprint density at radius 2 is 2.14 bits per heavy atom. The molecule has 1 unspecified atom stereocenters. The number of pyridine rings is 1.